The molecular weight excluding hydrogens is 304 g/mol. The van der Waals surface area contributed by atoms with Crippen LogP contribution in [-0.2, 0) is 11.3 Å². The molecule has 1 fully saturated rings. The molecule has 0 bridgehead atoms. The van der Waals surface area contributed by atoms with Crippen molar-refractivity contribution >= 4 is 21.8 Å². The first-order valence-corrected chi connectivity index (χ1v) is 7.60. The van der Waals surface area contributed by atoms with Crippen molar-refractivity contribution < 1.29 is 4.79 Å². The smallest absolute Gasteiger partial charge is 0.242 e. The minimum atomic E-state index is -0.645. The number of amides is 1. The van der Waals surface area contributed by atoms with Crippen LogP contribution in [0.1, 0.15) is 37.7 Å². The van der Waals surface area contributed by atoms with Crippen LogP contribution >= 0.6 is 15.9 Å². The molecule has 1 aromatic rings. The summed E-state index contributed by atoms with van der Waals surface area (Å²) in [7, 11) is 1.84. The normalized spacial score (nSPS) is 18.1. The van der Waals surface area contributed by atoms with Crippen LogP contribution in [0.5, 0.6) is 0 Å². The van der Waals surface area contributed by atoms with Gasteiger partial charge < -0.3 is 10.6 Å². The van der Waals surface area contributed by atoms with Crippen LogP contribution in [-0.4, -0.2) is 23.4 Å². The van der Waals surface area contributed by atoms with Gasteiger partial charge in [0.25, 0.3) is 0 Å². The van der Waals surface area contributed by atoms with Gasteiger partial charge in [-0.15, -0.1) is 0 Å². The van der Waals surface area contributed by atoms with Gasteiger partial charge in [0.15, 0.2) is 0 Å². The number of halogens is 1. The zero-order valence-electron chi connectivity index (χ0n) is 11.4. The molecule has 2 N–H and O–H groups in total. The molecular formula is C15H21BrN2O. The van der Waals surface area contributed by atoms with Crippen LogP contribution in [0.2, 0.25) is 0 Å². The fourth-order valence-corrected chi connectivity index (χ4v) is 3.14. The van der Waals surface area contributed by atoms with Crippen LogP contribution in [0, 0.1) is 0 Å². The van der Waals surface area contributed by atoms with Crippen molar-refractivity contribution in [3.63, 3.8) is 0 Å². The summed E-state index contributed by atoms with van der Waals surface area (Å²) in [6.07, 6.45) is 4.94. The topological polar surface area (TPSA) is 46.3 Å². The van der Waals surface area contributed by atoms with Crippen molar-refractivity contribution in [2.75, 3.05) is 7.05 Å². The maximum Gasteiger partial charge on any atom is 0.242 e. The third-order valence-corrected chi connectivity index (χ3v) is 4.66. The van der Waals surface area contributed by atoms with Crippen LogP contribution in [0.15, 0.2) is 28.7 Å². The van der Waals surface area contributed by atoms with Gasteiger partial charge in [0.05, 0.1) is 5.54 Å². The van der Waals surface area contributed by atoms with E-state index in [2.05, 4.69) is 15.9 Å². The van der Waals surface area contributed by atoms with Crippen LogP contribution < -0.4 is 5.73 Å². The number of hydrogen-bond acceptors (Lipinski definition) is 2. The predicted octanol–water partition coefficient (Wildman–Crippen LogP) is 3.07. The van der Waals surface area contributed by atoms with E-state index in [9.17, 15) is 4.79 Å². The zero-order chi connectivity index (χ0) is 13.9. The van der Waals surface area contributed by atoms with E-state index in [-0.39, 0.29) is 5.91 Å². The summed E-state index contributed by atoms with van der Waals surface area (Å²) < 4.78 is 1.03. The second-order valence-corrected chi connectivity index (χ2v) is 6.32. The fourth-order valence-electron chi connectivity index (χ4n) is 2.73. The van der Waals surface area contributed by atoms with Gasteiger partial charge in [-0.05, 0) is 24.5 Å². The first-order valence-electron chi connectivity index (χ1n) is 6.81. The highest BCUT2D eigenvalue weighted by molar-refractivity contribution is 9.10. The molecule has 1 aliphatic rings. The minimum absolute atomic E-state index is 0.0722. The Hall–Kier alpha value is -0.870. The Bertz CT molecular complexity index is 455. The average Bonchev–Trinajstić information content (AvgIpc) is 2.41. The molecule has 1 amide bonds. The Labute approximate surface area is 123 Å². The number of benzene rings is 1. The first-order chi connectivity index (χ1) is 9.03. The largest absolute Gasteiger partial charge is 0.340 e. The average molecular weight is 325 g/mol. The summed E-state index contributed by atoms with van der Waals surface area (Å²) in [5, 5.41) is 0. The van der Waals surface area contributed by atoms with Gasteiger partial charge in [0.2, 0.25) is 5.91 Å². The highest BCUT2D eigenvalue weighted by atomic mass is 79.9. The minimum Gasteiger partial charge on any atom is -0.340 e. The molecule has 19 heavy (non-hydrogen) atoms. The van der Waals surface area contributed by atoms with Gasteiger partial charge in [0, 0.05) is 18.1 Å². The summed E-state index contributed by atoms with van der Waals surface area (Å²) in [5.74, 6) is 0.0722. The maximum atomic E-state index is 12.5. The number of nitrogens with two attached hydrogens (primary N) is 1. The van der Waals surface area contributed by atoms with Crippen molar-refractivity contribution in [1.29, 1.82) is 0 Å². The molecule has 0 spiro atoms. The number of likely N-dealkylation sites (N-methyl/N-ethyl adjacent to an activating group) is 1. The number of nitrogens with zero attached hydrogens (tertiary/aromatic N) is 1. The van der Waals surface area contributed by atoms with Gasteiger partial charge in [-0.1, -0.05) is 53.4 Å². The maximum absolute atomic E-state index is 12.5. The van der Waals surface area contributed by atoms with E-state index in [0.29, 0.717) is 6.54 Å². The molecule has 0 saturated heterocycles. The molecule has 3 nitrogen and oxygen atoms in total. The lowest BCUT2D eigenvalue weighted by molar-refractivity contribution is -0.137. The molecule has 1 saturated carbocycles. The second-order valence-electron chi connectivity index (χ2n) is 5.47. The third-order valence-electron chi connectivity index (χ3n) is 3.88. The molecule has 1 aromatic carbocycles. The standard InChI is InChI=1S/C15H21BrN2O/c1-18(11-12-7-3-4-8-13(12)16)14(19)15(17)9-5-2-6-10-15/h3-4,7-8H,2,5-6,9-11,17H2,1H3. The first kappa shape index (κ1) is 14.5. The molecule has 0 radical (unpaired) electrons. The lowest BCUT2D eigenvalue weighted by Gasteiger charge is -2.35. The molecule has 0 atom stereocenters. The van der Waals surface area contributed by atoms with Crippen molar-refractivity contribution in [2.24, 2.45) is 5.73 Å². The van der Waals surface area contributed by atoms with Crippen molar-refractivity contribution in [1.82, 2.24) is 4.90 Å². The van der Waals surface area contributed by atoms with Crippen LogP contribution in [0.3, 0.4) is 0 Å². The van der Waals surface area contributed by atoms with Crippen molar-refractivity contribution in [2.45, 2.75) is 44.2 Å². The van der Waals surface area contributed by atoms with E-state index >= 15 is 0 Å². The van der Waals surface area contributed by atoms with Crippen LogP contribution in [0.25, 0.3) is 0 Å². The SMILES string of the molecule is CN(Cc1ccccc1Br)C(=O)C1(N)CCCCC1. The Morgan fingerprint density at radius 2 is 1.95 bits per heavy atom. The molecule has 4 heteroatoms. The summed E-state index contributed by atoms with van der Waals surface area (Å²) in [6.45, 7) is 0.596. The summed E-state index contributed by atoms with van der Waals surface area (Å²) in [5.41, 5.74) is 6.76. The number of hydrogen-bond donors (Lipinski definition) is 1. The van der Waals surface area contributed by atoms with E-state index in [4.69, 9.17) is 5.73 Å². The molecule has 2 rings (SSSR count). The number of rotatable bonds is 3. The van der Waals surface area contributed by atoms with E-state index in [1.807, 2.05) is 31.3 Å². The van der Waals surface area contributed by atoms with Gasteiger partial charge in [-0.3, -0.25) is 4.79 Å². The van der Waals surface area contributed by atoms with Crippen LogP contribution in [0.4, 0.5) is 0 Å². The highest BCUT2D eigenvalue weighted by Crippen LogP contribution is 2.28. The molecule has 1 aliphatic carbocycles. The Balaban J connectivity index is 2.05. The monoisotopic (exact) mass is 324 g/mol. The fraction of sp³-hybridized carbons (Fsp3) is 0.533. The lowest BCUT2D eigenvalue weighted by Crippen LogP contribution is -2.55. The number of carbonyl (C=O) groups is 1. The van der Waals surface area contributed by atoms with Crippen molar-refractivity contribution in [3.05, 3.63) is 34.3 Å². The Morgan fingerprint density at radius 3 is 2.58 bits per heavy atom. The van der Waals surface area contributed by atoms with Gasteiger partial charge in [-0.25, -0.2) is 0 Å². The van der Waals surface area contributed by atoms with Gasteiger partial charge >= 0.3 is 0 Å². The summed E-state index contributed by atoms with van der Waals surface area (Å²) >= 11 is 3.51. The van der Waals surface area contributed by atoms with E-state index in [0.717, 1.165) is 35.7 Å². The Morgan fingerprint density at radius 1 is 1.32 bits per heavy atom. The summed E-state index contributed by atoms with van der Waals surface area (Å²) in [4.78, 5) is 14.3. The molecule has 104 valence electrons. The van der Waals surface area contributed by atoms with E-state index < -0.39 is 5.54 Å². The molecule has 0 aliphatic heterocycles. The predicted molar refractivity (Wildman–Crippen MR) is 80.6 cm³/mol. The summed E-state index contributed by atoms with van der Waals surface area (Å²) in [6, 6.07) is 7.97. The second kappa shape index (κ2) is 6.06. The molecule has 0 heterocycles. The third kappa shape index (κ3) is 3.37. The molecule has 0 aromatic heterocycles. The highest BCUT2D eigenvalue weighted by Gasteiger charge is 2.37. The zero-order valence-corrected chi connectivity index (χ0v) is 12.9. The van der Waals surface area contributed by atoms with Crippen molar-refractivity contribution in [3.8, 4) is 0 Å². The lowest BCUT2D eigenvalue weighted by atomic mass is 9.81. The van der Waals surface area contributed by atoms with E-state index in [1.54, 1.807) is 4.90 Å². The van der Waals surface area contributed by atoms with Gasteiger partial charge in [-0.2, -0.15) is 0 Å². The number of carbonyl (C=O) groups excluding carboxylic acids is 1. The molecule has 0 unspecified atom stereocenters. The van der Waals surface area contributed by atoms with Gasteiger partial charge in [0.1, 0.15) is 0 Å². The Kier molecular flexibility index (Phi) is 4.63. The van der Waals surface area contributed by atoms with E-state index in [1.165, 1.54) is 6.42 Å². The quantitative estimate of drug-likeness (QED) is 0.928.